The number of morpholine rings is 1. The zero-order valence-corrected chi connectivity index (χ0v) is 13.6. The van der Waals surface area contributed by atoms with Crippen molar-refractivity contribution >= 4 is 11.8 Å². The molecule has 1 N–H and O–H groups in total. The quantitative estimate of drug-likeness (QED) is 0.913. The number of aromatic nitrogens is 2. The van der Waals surface area contributed by atoms with Crippen LogP contribution in [0.25, 0.3) is 0 Å². The Morgan fingerprint density at radius 3 is 2.87 bits per heavy atom. The van der Waals surface area contributed by atoms with E-state index in [9.17, 15) is 0 Å². The van der Waals surface area contributed by atoms with Gasteiger partial charge in [-0.3, -0.25) is 0 Å². The number of hydrogen-bond acceptors (Lipinski definition) is 6. The number of anilines is 2. The first-order valence-corrected chi connectivity index (χ1v) is 7.79. The van der Waals surface area contributed by atoms with Gasteiger partial charge in [-0.25, -0.2) is 4.98 Å². The Morgan fingerprint density at radius 2 is 2.09 bits per heavy atom. The summed E-state index contributed by atoms with van der Waals surface area (Å²) in [6.45, 7) is 5.94. The summed E-state index contributed by atoms with van der Waals surface area (Å²) >= 11 is 0. The van der Waals surface area contributed by atoms with Crippen LogP contribution in [-0.4, -0.2) is 43.4 Å². The van der Waals surface area contributed by atoms with Crippen LogP contribution in [0.3, 0.4) is 0 Å². The van der Waals surface area contributed by atoms with Gasteiger partial charge >= 0.3 is 0 Å². The maximum absolute atomic E-state index is 5.38. The van der Waals surface area contributed by atoms with Crippen LogP contribution in [0.2, 0.25) is 0 Å². The maximum atomic E-state index is 5.38. The van der Waals surface area contributed by atoms with Crippen molar-refractivity contribution in [3.05, 3.63) is 41.6 Å². The van der Waals surface area contributed by atoms with Crippen molar-refractivity contribution in [3.63, 3.8) is 0 Å². The Morgan fingerprint density at radius 1 is 1.26 bits per heavy atom. The Kier molecular flexibility index (Phi) is 4.92. The molecule has 3 rings (SSSR count). The molecule has 1 aromatic heterocycles. The smallest absolute Gasteiger partial charge is 0.224 e. The minimum atomic E-state index is 0.634. The van der Waals surface area contributed by atoms with E-state index in [-0.39, 0.29) is 0 Å². The van der Waals surface area contributed by atoms with Gasteiger partial charge in [0.15, 0.2) is 0 Å². The van der Waals surface area contributed by atoms with Gasteiger partial charge in [0.25, 0.3) is 0 Å². The molecule has 1 saturated heterocycles. The molecular formula is C17H22N4O2. The van der Waals surface area contributed by atoms with Gasteiger partial charge in [-0.15, -0.1) is 0 Å². The highest BCUT2D eigenvalue weighted by Gasteiger charge is 2.13. The molecule has 23 heavy (non-hydrogen) atoms. The lowest BCUT2D eigenvalue weighted by atomic mass is 10.1. The van der Waals surface area contributed by atoms with Gasteiger partial charge in [0.2, 0.25) is 5.95 Å². The molecule has 0 amide bonds. The molecule has 2 aromatic rings. The average molecular weight is 314 g/mol. The first kappa shape index (κ1) is 15.6. The fraction of sp³-hybridized carbons (Fsp3) is 0.412. The Bertz CT molecular complexity index is 657. The van der Waals surface area contributed by atoms with Gasteiger partial charge in [0.1, 0.15) is 11.6 Å². The lowest BCUT2D eigenvalue weighted by Crippen LogP contribution is -2.36. The fourth-order valence-electron chi connectivity index (χ4n) is 2.63. The molecule has 1 fully saturated rings. The molecule has 122 valence electrons. The summed E-state index contributed by atoms with van der Waals surface area (Å²) in [5, 5.41) is 3.28. The number of ether oxygens (including phenoxy) is 2. The monoisotopic (exact) mass is 314 g/mol. The second kappa shape index (κ2) is 7.28. The van der Waals surface area contributed by atoms with Crippen LogP contribution in [0.5, 0.6) is 5.75 Å². The second-order valence-electron chi connectivity index (χ2n) is 5.55. The van der Waals surface area contributed by atoms with E-state index < -0.39 is 0 Å². The van der Waals surface area contributed by atoms with E-state index in [0.717, 1.165) is 43.4 Å². The zero-order chi connectivity index (χ0) is 16.1. The van der Waals surface area contributed by atoms with E-state index in [1.54, 1.807) is 13.3 Å². The van der Waals surface area contributed by atoms with E-state index >= 15 is 0 Å². The number of methoxy groups -OCH3 is 1. The predicted molar refractivity (Wildman–Crippen MR) is 90.1 cm³/mol. The molecule has 0 unspecified atom stereocenters. The zero-order valence-electron chi connectivity index (χ0n) is 13.6. The molecule has 1 aliphatic heterocycles. The SMILES string of the molecule is COc1cc(C)cc(CNc2nccc(N3CCOCC3)n2)c1. The number of hydrogen-bond donors (Lipinski definition) is 1. The highest BCUT2D eigenvalue weighted by molar-refractivity contribution is 5.43. The van der Waals surface area contributed by atoms with Crippen LogP contribution in [0, 0.1) is 6.92 Å². The maximum Gasteiger partial charge on any atom is 0.224 e. The molecule has 6 nitrogen and oxygen atoms in total. The predicted octanol–water partition coefficient (Wildman–Crippen LogP) is 2.24. The van der Waals surface area contributed by atoms with Gasteiger partial charge < -0.3 is 19.7 Å². The highest BCUT2D eigenvalue weighted by atomic mass is 16.5. The van der Waals surface area contributed by atoms with E-state index in [2.05, 4.69) is 33.2 Å². The summed E-state index contributed by atoms with van der Waals surface area (Å²) in [5.74, 6) is 2.44. The molecule has 0 atom stereocenters. The van der Waals surface area contributed by atoms with Crippen molar-refractivity contribution in [3.8, 4) is 5.75 Å². The van der Waals surface area contributed by atoms with Crippen LogP contribution < -0.4 is 15.0 Å². The van der Waals surface area contributed by atoms with E-state index in [4.69, 9.17) is 9.47 Å². The van der Waals surface area contributed by atoms with Gasteiger partial charge in [-0.05, 0) is 36.2 Å². The molecule has 0 radical (unpaired) electrons. The van der Waals surface area contributed by atoms with Crippen molar-refractivity contribution in [2.24, 2.45) is 0 Å². The molecule has 1 aliphatic rings. The lowest BCUT2D eigenvalue weighted by molar-refractivity contribution is 0.122. The van der Waals surface area contributed by atoms with Crippen LogP contribution in [0.15, 0.2) is 30.5 Å². The van der Waals surface area contributed by atoms with Crippen molar-refractivity contribution in [1.82, 2.24) is 9.97 Å². The van der Waals surface area contributed by atoms with Crippen molar-refractivity contribution in [2.75, 3.05) is 43.6 Å². The minimum absolute atomic E-state index is 0.634. The Hall–Kier alpha value is -2.34. The summed E-state index contributed by atoms with van der Waals surface area (Å²) in [4.78, 5) is 11.1. The average Bonchev–Trinajstić information content (AvgIpc) is 2.60. The lowest BCUT2D eigenvalue weighted by Gasteiger charge is -2.27. The normalized spacial score (nSPS) is 14.6. The number of benzene rings is 1. The van der Waals surface area contributed by atoms with Crippen LogP contribution in [-0.2, 0) is 11.3 Å². The van der Waals surface area contributed by atoms with Crippen LogP contribution >= 0.6 is 0 Å². The Labute approximate surface area is 136 Å². The third-order valence-electron chi connectivity index (χ3n) is 3.77. The largest absolute Gasteiger partial charge is 0.497 e. The van der Waals surface area contributed by atoms with Gasteiger partial charge in [-0.1, -0.05) is 6.07 Å². The van der Waals surface area contributed by atoms with Crippen molar-refractivity contribution < 1.29 is 9.47 Å². The highest BCUT2D eigenvalue weighted by Crippen LogP contribution is 2.18. The second-order valence-corrected chi connectivity index (χ2v) is 5.55. The number of nitrogens with one attached hydrogen (secondary N) is 1. The molecule has 2 heterocycles. The topological polar surface area (TPSA) is 59.5 Å². The molecule has 0 bridgehead atoms. The summed E-state index contributed by atoms with van der Waals surface area (Å²) in [6, 6.07) is 8.10. The van der Waals surface area contributed by atoms with Crippen molar-refractivity contribution in [2.45, 2.75) is 13.5 Å². The number of nitrogens with zero attached hydrogens (tertiary/aromatic N) is 3. The number of rotatable bonds is 5. The molecular weight excluding hydrogens is 292 g/mol. The van der Waals surface area contributed by atoms with Crippen LogP contribution in [0.4, 0.5) is 11.8 Å². The van der Waals surface area contributed by atoms with Crippen molar-refractivity contribution in [1.29, 1.82) is 0 Å². The molecule has 6 heteroatoms. The van der Waals surface area contributed by atoms with Crippen LogP contribution in [0.1, 0.15) is 11.1 Å². The van der Waals surface area contributed by atoms with Gasteiger partial charge in [-0.2, -0.15) is 4.98 Å². The molecule has 0 aliphatic carbocycles. The first-order chi connectivity index (χ1) is 11.2. The summed E-state index contributed by atoms with van der Waals surface area (Å²) in [5.41, 5.74) is 2.31. The molecule has 0 saturated carbocycles. The third kappa shape index (κ3) is 4.10. The third-order valence-corrected chi connectivity index (χ3v) is 3.77. The first-order valence-electron chi connectivity index (χ1n) is 7.79. The minimum Gasteiger partial charge on any atom is -0.497 e. The van der Waals surface area contributed by atoms with E-state index in [1.165, 1.54) is 5.56 Å². The molecule has 1 aromatic carbocycles. The van der Waals surface area contributed by atoms with Gasteiger partial charge in [0, 0.05) is 25.8 Å². The molecule has 0 spiro atoms. The Balaban J connectivity index is 1.67. The summed E-state index contributed by atoms with van der Waals surface area (Å²) in [7, 11) is 1.68. The van der Waals surface area contributed by atoms with E-state index in [1.807, 2.05) is 18.2 Å². The number of aryl methyl sites for hydroxylation is 1. The fourth-order valence-corrected chi connectivity index (χ4v) is 2.63. The van der Waals surface area contributed by atoms with Gasteiger partial charge in [0.05, 0.1) is 20.3 Å². The summed E-state index contributed by atoms with van der Waals surface area (Å²) < 4.78 is 10.7. The van der Waals surface area contributed by atoms with E-state index in [0.29, 0.717) is 12.5 Å². The standard InChI is InChI=1S/C17H22N4O2/c1-13-9-14(11-15(10-13)22-2)12-19-17-18-4-3-16(20-17)21-5-7-23-8-6-21/h3-4,9-11H,5-8,12H2,1-2H3,(H,18,19,20). The summed E-state index contributed by atoms with van der Waals surface area (Å²) in [6.07, 6.45) is 1.79.